The fraction of sp³-hybridized carbons (Fsp3) is 0.389. The first-order valence-electron chi connectivity index (χ1n) is 7.76. The summed E-state index contributed by atoms with van der Waals surface area (Å²) in [5.41, 5.74) is 1.65. The quantitative estimate of drug-likeness (QED) is 0.808. The molecule has 0 atom stereocenters. The van der Waals surface area contributed by atoms with Crippen molar-refractivity contribution in [2.24, 2.45) is 10.4 Å². The fourth-order valence-corrected chi connectivity index (χ4v) is 4.61. The van der Waals surface area contributed by atoms with Gasteiger partial charge in [-0.3, -0.25) is 4.99 Å². The van der Waals surface area contributed by atoms with E-state index in [-0.39, 0.29) is 0 Å². The highest BCUT2D eigenvalue weighted by Gasteiger charge is 2.36. The first kappa shape index (κ1) is 13.2. The van der Waals surface area contributed by atoms with Crippen LogP contribution in [0.2, 0.25) is 0 Å². The van der Waals surface area contributed by atoms with Crippen LogP contribution in [0.15, 0.2) is 47.5 Å². The van der Waals surface area contributed by atoms with Crippen molar-refractivity contribution in [3.63, 3.8) is 0 Å². The number of thioether (sulfide) groups is 1. The summed E-state index contributed by atoms with van der Waals surface area (Å²) < 4.78 is 0. The number of amidine groups is 1. The number of rotatable bonds is 1. The molecule has 1 aliphatic heterocycles. The van der Waals surface area contributed by atoms with Gasteiger partial charge in [0.1, 0.15) is 0 Å². The van der Waals surface area contributed by atoms with Crippen molar-refractivity contribution in [1.29, 1.82) is 0 Å². The zero-order valence-corrected chi connectivity index (χ0v) is 13.0. The van der Waals surface area contributed by atoms with Crippen molar-refractivity contribution < 1.29 is 0 Å². The molecule has 0 aromatic heterocycles. The second kappa shape index (κ2) is 5.38. The summed E-state index contributed by atoms with van der Waals surface area (Å²) in [4.78, 5) is 4.81. The molecule has 2 nitrogen and oxygen atoms in total. The Bertz CT molecular complexity index is 686. The summed E-state index contributed by atoms with van der Waals surface area (Å²) in [7, 11) is 0. The molecule has 2 aliphatic rings. The lowest BCUT2D eigenvalue weighted by Gasteiger charge is -2.31. The van der Waals surface area contributed by atoms with Crippen LogP contribution in [0.5, 0.6) is 0 Å². The lowest BCUT2D eigenvalue weighted by molar-refractivity contribution is 0.359. The summed E-state index contributed by atoms with van der Waals surface area (Å²) in [6.45, 7) is 1.01. The van der Waals surface area contributed by atoms with Gasteiger partial charge in [-0.25, -0.2) is 0 Å². The van der Waals surface area contributed by atoms with Gasteiger partial charge in [0.05, 0.1) is 0 Å². The summed E-state index contributed by atoms with van der Waals surface area (Å²) in [5, 5.41) is 7.14. The van der Waals surface area contributed by atoms with E-state index in [1.54, 1.807) is 0 Å². The van der Waals surface area contributed by atoms with Crippen molar-refractivity contribution in [1.82, 2.24) is 0 Å². The molecule has 3 heteroatoms. The Balaban J connectivity index is 1.51. The molecule has 0 bridgehead atoms. The molecule has 1 heterocycles. The van der Waals surface area contributed by atoms with Gasteiger partial charge in [-0.15, -0.1) is 0 Å². The van der Waals surface area contributed by atoms with Crippen molar-refractivity contribution in [3.8, 4) is 0 Å². The minimum absolute atomic E-state index is 0.513. The van der Waals surface area contributed by atoms with Crippen molar-refractivity contribution in [3.05, 3.63) is 42.5 Å². The van der Waals surface area contributed by atoms with E-state index in [0.29, 0.717) is 5.41 Å². The molecular weight excluding hydrogens is 276 g/mol. The zero-order chi connectivity index (χ0) is 14.1. The van der Waals surface area contributed by atoms with Gasteiger partial charge in [0, 0.05) is 18.0 Å². The van der Waals surface area contributed by atoms with E-state index in [0.717, 1.165) is 17.4 Å². The lowest BCUT2D eigenvalue weighted by Crippen LogP contribution is -2.30. The van der Waals surface area contributed by atoms with Gasteiger partial charge in [-0.1, -0.05) is 54.9 Å². The Morgan fingerprint density at radius 2 is 1.81 bits per heavy atom. The van der Waals surface area contributed by atoms with E-state index in [1.807, 2.05) is 11.8 Å². The smallest absolute Gasteiger partial charge is 0.161 e. The van der Waals surface area contributed by atoms with Crippen LogP contribution >= 0.6 is 11.8 Å². The Labute approximate surface area is 130 Å². The molecule has 1 fully saturated rings. The van der Waals surface area contributed by atoms with Gasteiger partial charge in [-0.05, 0) is 41.2 Å². The fourth-order valence-electron chi connectivity index (χ4n) is 3.45. The van der Waals surface area contributed by atoms with Crippen molar-refractivity contribution >= 4 is 33.4 Å². The van der Waals surface area contributed by atoms with E-state index in [1.165, 1.54) is 42.2 Å². The molecule has 0 saturated heterocycles. The van der Waals surface area contributed by atoms with Crippen LogP contribution < -0.4 is 5.32 Å². The third-order valence-electron chi connectivity index (χ3n) is 4.74. The third kappa shape index (κ3) is 2.67. The summed E-state index contributed by atoms with van der Waals surface area (Å²) in [5.74, 6) is 1.23. The molecule has 1 aliphatic carbocycles. The molecule has 0 unspecified atom stereocenters. The summed E-state index contributed by atoms with van der Waals surface area (Å²) in [6.07, 6.45) is 5.52. The minimum Gasteiger partial charge on any atom is -0.335 e. The second-order valence-electron chi connectivity index (χ2n) is 6.30. The number of anilines is 1. The maximum atomic E-state index is 4.81. The monoisotopic (exact) mass is 296 g/mol. The lowest BCUT2D eigenvalue weighted by atomic mass is 9.89. The molecule has 2 aromatic rings. The second-order valence-corrected chi connectivity index (χ2v) is 7.27. The predicted molar refractivity (Wildman–Crippen MR) is 93.2 cm³/mol. The van der Waals surface area contributed by atoms with E-state index in [2.05, 4.69) is 47.8 Å². The molecule has 108 valence electrons. The number of aliphatic imine (C=N–C) groups is 1. The van der Waals surface area contributed by atoms with Gasteiger partial charge in [0.15, 0.2) is 5.17 Å². The summed E-state index contributed by atoms with van der Waals surface area (Å²) >= 11 is 1.90. The predicted octanol–water partition coefficient (Wildman–Crippen LogP) is 4.91. The number of hydrogen-bond acceptors (Lipinski definition) is 3. The molecule has 0 amide bonds. The number of fused-ring (bicyclic) bond motifs is 1. The van der Waals surface area contributed by atoms with E-state index < -0.39 is 0 Å². The molecule has 4 rings (SSSR count). The molecule has 21 heavy (non-hydrogen) atoms. The van der Waals surface area contributed by atoms with E-state index >= 15 is 0 Å². The molecular formula is C18H20N2S. The van der Waals surface area contributed by atoms with Crippen LogP contribution in [-0.2, 0) is 0 Å². The van der Waals surface area contributed by atoms with Crippen LogP contribution in [0.3, 0.4) is 0 Å². The van der Waals surface area contributed by atoms with Gasteiger partial charge in [0.25, 0.3) is 0 Å². The highest BCUT2D eigenvalue weighted by atomic mass is 32.2. The van der Waals surface area contributed by atoms with Gasteiger partial charge < -0.3 is 5.32 Å². The molecule has 0 radical (unpaired) electrons. The SMILES string of the molecule is c1ccc2cc(NC3=NCC4(CCCC4)CS3)ccc2c1. The Hall–Kier alpha value is -1.48. The Kier molecular flexibility index (Phi) is 3.38. The highest BCUT2D eigenvalue weighted by molar-refractivity contribution is 8.14. The Morgan fingerprint density at radius 1 is 1.00 bits per heavy atom. The van der Waals surface area contributed by atoms with Gasteiger partial charge in [0.2, 0.25) is 0 Å². The average molecular weight is 296 g/mol. The van der Waals surface area contributed by atoms with Gasteiger partial charge in [-0.2, -0.15) is 0 Å². The number of nitrogens with zero attached hydrogens (tertiary/aromatic N) is 1. The van der Waals surface area contributed by atoms with E-state index in [4.69, 9.17) is 4.99 Å². The van der Waals surface area contributed by atoms with Crippen LogP contribution in [0.25, 0.3) is 10.8 Å². The Morgan fingerprint density at radius 3 is 2.57 bits per heavy atom. The van der Waals surface area contributed by atoms with E-state index in [9.17, 15) is 0 Å². The molecule has 1 spiro atoms. The maximum Gasteiger partial charge on any atom is 0.161 e. The maximum absolute atomic E-state index is 4.81. The third-order valence-corrected chi connectivity index (χ3v) is 6.00. The number of hydrogen-bond donors (Lipinski definition) is 1. The topological polar surface area (TPSA) is 24.4 Å². The number of benzene rings is 2. The van der Waals surface area contributed by atoms with Crippen LogP contribution in [-0.4, -0.2) is 17.5 Å². The normalized spacial score (nSPS) is 20.7. The van der Waals surface area contributed by atoms with Crippen LogP contribution in [0, 0.1) is 5.41 Å². The van der Waals surface area contributed by atoms with Crippen molar-refractivity contribution in [2.75, 3.05) is 17.6 Å². The summed E-state index contributed by atoms with van der Waals surface area (Å²) in [6, 6.07) is 15.0. The minimum atomic E-state index is 0.513. The average Bonchev–Trinajstić information content (AvgIpc) is 2.98. The highest BCUT2D eigenvalue weighted by Crippen LogP contribution is 2.43. The van der Waals surface area contributed by atoms with Crippen molar-refractivity contribution in [2.45, 2.75) is 25.7 Å². The first-order valence-corrected chi connectivity index (χ1v) is 8.75. The van der Waals surface area contributed by atoms with Crippen LogP contribution in [0.1, 0.15) is 25.7 Å². The largest absolute Gasteiger partial charge is 0.335 e. The molecule has 1 N–H and O–H groups in total. The molecule has 2 aromatic carbocycles. The van der Waals surface area contributed by atoms with Gasteiger partial charge >= 0.3 is 0 Å². The number of nitrogens with one attached hydrogen (secondary N) is 1. The zero-order valence-electron chi connectivity index (χ0n) is 12.1. The standard InChI is InChI=1S/C18H20N2S/c1-2-6-15-11-16(8-7-14(15)5-1)20-17-19-12-18(13-21-17)9-3-4-10-18/h1-2,5-8,11H,3-4,9-10,12-13H2,(H,19,20). The van der Waals surface area contributed by atoms with Crippen LogP contribution in [0.4, 0.5) is 5.69 Å². The first-order chi connectivity index (χ1) is 10.3. The molecule has 1 saturated carbocycles.